The zero-order chi connectivity index (χ0) is 17.1. The molecule has 1 heterocycles. The van der Waals surface area contributed by atoms with Gasteiger partial charge in [0, 0.05) is 13.1 Å². The number of nitrogens with zero attached hydrogens (tertiary/aromatic N) is 1. The molecule has 0 saturated heterocycles. The third-order valence-electron chi connectivity index (χ3n) is 4.39. The normalized spacial score (nSPS) is 15.7. The molecule has 3 N–H and O–H groups in total. The lowest BCUT2D eigenvalue weighted by Crippen LogP contribution is -2.49. The van der Waals surface area contributed by atoms with Gasteiger partial charge in [0.15, 0.2) is 0 Å². The number of fused-ring (bicyclic) bond motifs is 1. The topological polar surface area (TPSA) is 75.4 Å². The van der Waals surface area contributed by atoms with Gasteiger partial charge in [0.1, 0.15) is 6.04 Å². The van der Waals surface area contributed by atoms with E-state index in [4.69, 9.17) is 5.73 Å². The van der Waals surface area contributed by atoms with Crippen LogP contribution in [0.15, 0.2) is 48.5 Å². The Morgan fingerprint density at radius 2 is 1.92 bits per heavy atom. The first-order chi connectivity index (χ1) is 11.6. The van der Waals surface area contributed by atoms with Crippen LogP contribution in [0, 0.1) is 0 Å². The third-order valence-corrected chi connectivity index (χ3v) is 4.39. The predicted molar refractivity (Wildman–Crippen MR) is 95.3 cm³/mol. The van der Waals surface area contributed by atoms with Crippen molar-refractivity contribution in [3.05, 3.63) is 54.1 Å². The quantitative estimate of drug-likeness (QED) is 0.910. The fourth-order valence-electron chi connectivity index (χ4n) is 3.17. The van der Waals surface area contributed by atoms with Gasteiger partial charge in [0.05, 0.1) is 0 Å². The minimum Gasteiger partial charge on any atom is -0.352 e. The molecular formula is C19H21N3O2. The number of urea groups is 1. The average molecular weight is 323 g/mol. The zero-order valence-electron chi connectivity index (χ0n) is 13.7. The van der Waals surface area contributed by atoms with E-state index in [2.05, 4.69) is 41.7 Å². The first-order valence-corrected chi connectivity index (χ1v) is 8.08. The lowest BCUT2D eigenvalue weighted by molar-refractivity contribution is -0.132. The van der Waals surface area contributed by atoms with E-state index in [-0.39, 0.29) is 5.91 Å². The highest BCUT2D eigenvalue weighted by atomic mass is 16.2. The maximum absolute atomic E-state index is 12.3. The molecule has 5 nitrogen and oxygen atoms in total. The number of hydrogen-bond donors (Lipinski definition) is 2. The summed E-state index contributed by atoms with van der Waals surface area (Å²) in [5.41, 5.74) is 7.56. The van der Waals surface area contributed by atoms with E-state index in [1.54, 1.807) is 11.8 Å². The summed E-state index contributed by atoms with van der Waals surface area (Å²) in [6, 6.07) is 13.3. The molecule has 0 radical (unpaired) electrons. The molecule has 0 saturated carbocycles. The highest BCUT2D eigenvalue weighted by molar-refractivity contribution is 5.94. The van der Waals surface area contributed by atoms with E-state index >= 15 is 0 Å². The SMILES string of the molecule is C[C@@H](NC(N)=O)C(=O)N1CC=C(c2cccc3ccccc23)CC1. The number of nitrogens with two attached hydrogens (primary N) is 1. The largest absolute Gasteiger partial charge is 0.352 e. The Balaban J connectivity index is 1.78. The Morgan fingerprint density at radius 1 is 1.17 bits per heavy atom. The Morgan fingerprint density at radius 3 is 2.62 bits per heavy atom. The van der Waals surface area contributed by atoms with Crippen LogP contribution in [0.2, 0.25) is 0 Å². The monoisotopic (exact) mass is 323 g/mol. The molecule has 0 fully saturated rings. The van der Waals surface area contributed by atoms with Crippen molar-refractivity contribution in [1.29, 1.82) is 0 Å². The molecule has 1 atom stereocenters. The molecule has 0 spiro atoms. The van der Waals surface area contributed by atoms with Gasteiger partial charge in [-0.2, -0.15) is 0 Å². The number of benzene rings is 2. The molecule has 0 aromatic heterocycles. The Hall–Kier alpha value is -2.82. The van der Waals surface area contributed by atoms with Gasteiger partial charge in [-0.25, -0.2) is 4.79 Å². The van der Waals surface area contributed by atoms with E-state index in [1.165, 1.54) is 21.9 Å². The van der Waals surface area contributed by atoms with E-state index in [0.717, 1.165) is 6.42 Å². The molecule has 5 heteroatoms. The number of carbonyl (C=O) groups is 2. The molecule has 2 aromatic carbocycles. The van der Waals surface area contributed by atoms with Crippen LogP contribution in [0.1, 0.15) is 18.9 Å². The van der Waals surface area contributed by atoms with Crippen molar-refractivity contribution in [1.82, 2.24) is 10.2 Å². The number of carbonyl (C=O) groups excluding carboxylic acids is 2. The van der Waals surface area contributed by atoms with Crippen molar-refractivity contribution in [2.45, 2.75) is 19.4 Å². The zero-order valence-corrected chi connectivity index (χ0v) is 13.7. The molecule has 2 aromatic rings. The summed E-state index contributed by atoms with van der Waals surface area (Å²) in [6.45, 7) is 2.83. The van der Waals surface area contributed by atoms with Crippen molar-refractivity contribution < 1.29 is 9.59 Å². The highest BCUT2D eigenvalue weighted by Crippen LogP contribution is 2.29. The van der Waals surface area contributed by atoms with Crippen LogP contribution >= 0.6 is 0 Å². The van der Waals surface area contributed by atoms with Gasteiger partial charge in [-0.05, 0) is 35.3 Å². The van der Waals surface area contributed by atoms with Crippen molar-refractivity contribution in [2.24, 2.45) is 5.73 Å². The summed E-state index contributed by atoms with van der Waals surface area (Å²) >= 11 is 0. The van der Waals surface area contributed by atoms with Gasteiger partial charge in [-0.1, -0.05) is 48.5 Å². The van der Waals surface area contributed by atoms with Gasteiger partial charge in [0.25, 0.3) is 0 Å². The molecular weight excluding hydrogens is 302 g/mol. The minimum absolute atomic E-state index is 0.109. The molecule has 3 amide bonds. The summed E-state index contributed by atoms with van der Waals surface area (Å²) in [7, 11) is 0. The fourth-order valence-corrected chi connectivity index (χ4v) is 3.17. The molecule has 24 heavy (non-hydrogen) atoms. The summed E-state index contributed by atoms with van der Waals surface area (Å²) in [5, 5.41) is 4.88. The van der Waals surface area contributed by atoms with Crippen LogP contribution in [-0.4, -0.2) is 36.0 Å². The number of nitrogens with one attached hydrogen (secondary N) is 1. The van der Waals surface area contributed by atoms with Crippen LogP contribution in [-0.2, 0) is 4.79 Å². The third kappa shape index (κ3) is 3.25. The Bertz CT molecular complexity index is 808. The van der Waals surface area contributed by atoms with E-state index < -0.39 is 12.1 Å². The first-order valence-electron chi connectivity index (χ1n) is 8.08. The number of hydrogen-bond acceptors (Lipinski definition) is 2. The van der Waals surface area contributed by atoms with E-state index in [9.17, 15) is 9.59 Å². The number of amides is 3. The number of primary amides is 1. The van der Waals surface area contributed by atoms with Crippen molar-refractivity contribution in [3.8, 4) is 0 Å². The molecule has 124 valence electrons. The Labute approximate surface area is 141 Å². The van der Waals surface area contributed by atoms with Crippen molar-refractivity contribution in [2.75, 3.05) is 13.1 Å². The second kappa shape index (κ2) is 6.74. The van der Waals surface area contributed by atoms with Gasteiger partial charge < -0.3 is 16.0 Å². The summed E-state index contributed by atoms with van der Waals surface area (Å²) in [4.78, 5) is 24.9. The van der Waals surface area contributed by atoms with Gasteiger partial charge in [-0.15, -0.1) is 0 Å². The molecule has 3 rings (SSSR count). The standard InChI is InChI=1S/C19H21N3O2/c1-13(21-19(20)24)18(23)22-11-9-15(10-12-22)17-8-4-6-14-5-2-3-7-16(14)17/h2-9,13H,10-12H2,1H3,(H3,20,21,24)/t13-/m1/s1. The molecule has 1 aliphatic rings. The van der Waals surface area contributed by atoms with Crippen LogP contribution in [0.3, 0.4) is 0 Å². The maximum atomic E-state index is 12.3. The van der Waals surface area contributed by atoms with Gasteiger partial charge >= 0.3 is 6.03 Å². The second-order valence-electron chi connectivity index (χ2n) is 6.02. The summed E-state index contributed by atoms with van der Waals surface area (Å²) < 4.78 is 0. The fraction of sp³-hybridized carbons (Fsp3) is 0.263. The lowest BCUT2D eigenvalue weighted by atomic mass is 9.94. The van der Waals surface area contributed by atoms with Crippen molar-refractivity contribution in [3.63, 3.8) is 0 Å². The molecule has 0 unspecified atom stereocenters. The maximum Gasteiger partial charge on any atom is 0.312 e. The minimum atomic E-state index is -0.681. The van der Waals surface area contributed by atoms with E-state index in [1.807, 2.05) is 12.1 Å². The summed E-state index contributed by atoms with van der Waals surface area (Å²) in [5.74, 6) is -0.109. The molecule has 0 bridgehead atoms. The summed E-state index contributed by atoms with van der Waals surface area (Å²) in [6.07, 6.45) is 2.89. The average Bonchev–Trinajstić information content (AvgIpc) is 2.60. The highest BCUT2D eigenvalue weighted by Gasteiger charge is 2.23. The smallest absolute Gasteiger partial charge is 0.312 e. The number of rotatable bonds is 3. The van der Waals surface area contributed by atoms with E-state index in [0.29, 0.717) is 13.1 Å². The predicted octanol–water partition coefficient (Wildman–Crippen LogP) is 2.51. The first kappa shape index (κ1) is 16.1. The molecule has 1 aliphatic heterocycles. The van der Waals surface area contributed by atoms with Crippen LogP contribution in [0.4, 0.5) is 4.79 Å². The van der Waals surface area contributed by atoms with Crippen molar-refractivity contribution >= 4 is 28.3 Å². The lowest BCUT2D eigenvalue weighted by Gasteiger charge is -2.29. The van der Waals surface area contributed by atoms with Crippen LogP contribution < -0.4 is 11.1 Å². The second-order valence-corrected chi connectivity index (χ2v) is 6.02. The van der Waals surface area contributed by atoms with Crippen LogP contribution in [0.5, 0.6) is 0 Å². The molecule has 0 aliphatic carbocycles. The van der Waals surface area contributed by atoms with Crippen LogP contribution in [0.25, 0.3) is 16.3 Å². The van der Waals surface area contributed by atoms with Gasteiger partial charge in [-0.3, -0.25) is 4.79 Å². The Kier molecular flexibility index (Phi) is 4.51. The van der Waals surface area contributed by atoms with Gasteiger partial charge in [0.2, 0.25) is 5.91 Å².